The Morgan fingerprint density at radius 1 is 1.40 bits per heavy atom. The number of rotatable bonds is 6. The van der Waals surface area contributed by atoms with Gasteiger partial charge in [0.25, 0.3) is 0 Å². The van der Waals surface area contributed by atoms with Crippen molar-refractivity contribution < 1.29 is 4.39 Å². The number of aromatic nitrogens is 2. The average Bonchev–Trinajstić information content (AvgIpc) is 3.16. The van der Waals surface area contributed by atoms with Crippen LogP contribution in [0.2, 0.25) is 0 Å². The highest BCUT2D eigenvalue weighted by Crippen LogP contribution is 2.24. The van der Waals surface area contributed by atoms with Gasteiger partial charge in [-0.3, -0.25) is 4.68 Å². The molecular weight excluding hydrogens is 253 g/mol. The maximum absolute atomic E-state index is 14.2. The highest BCUT2D eigenvalue weighted by Gasteiger charge is 2.20. The molecule has 106 valence electrons. The normalized spacial score (nSPS) is 14.7. The average molecular weight is 273 g/mol. The molecule has 3 nitrogen and oxygen atoms in total. The molecule has 0 amide bonds. The zero-order chi connectivity index (χ0) is 13.9. The van der Waals surface area contributed by atoms with Crippen molar-refractivity contribution in [3.05, 3.63) is 42.0 Å². The van der Waals surface area contributed by atoms with Gasteiger partial charge >= 0.3 is 0 Å². The van der Waals surface area contributed by atoms with Crippen molar-refractivity contribution in [2.45, 2.75) is 45.3 Å². The van der Waals surface area contributed by atoms with Crippen molar-refractivity contribution in [2.75, 3.05) is 0 Å². The number of nitrogens with zero attached hydrogens (tertiary/aromatic N) is 2. The Bertz CT molecular complexity index is 587. The predicted octanol–water partition coefficient (Wildman–Crippen LogP) is 3.35. The lowest BCUT2D eigenvalue weighted by Gasteiger charge is -2.06. The molecular formula is C16H20FN3. The monoisotopic (exact) mass is 273 g/mol. The van der Waals surface area contributed by atoms with Crippen LogP contribution in [-0.2, 0) is 13.1 Å². The lowest BCUT2D eigenvalue weighted by atomic mass is 10.1. The highest BCUT2D eigenvalue weighted by atomic mass is 19.1. The van der Waals surface area contributed by atoms with Crippen LogP contribution in [-0.4, -0.2) is 15.8 Å². The number of nitrogens with one attached hydrogen (secondary N) is 1. The van der Waals surface area contributed by atoms with E-state index in [4.69, 9.17) is 0 Å². The number of benzene rings is 1. The standard InChI is InChI=1S/C16H20FN3/c1-2-7-20-11-13(10-19-20)15-6-3-12(8-16(15)17)9-18-14-4-5-14/h3,6,8,10-11,14,18H,2,4-5,7,9H2,1H3. The summed E-state index contributed by atoms with van der Waals surface area (Å²) in [6, 6.07) is 6.12. The molecule has 1 heterocycles. The highest BCUT2D eigenvalue weighted by molar-refractivity contribution is 5.62. The first kappa shape index (κ1) is 13.3. The Morgan fingerprint density at radius 3 is 2.95 bits per heavy atom. The fraction of sp³-hybridized carbons (Fsp3) is 0.438. The molecule has 3 rings (SSSR count). The second-order valence-electron chi connectivity index (χ2n) is 5.46. The molecule has 20 heavy (non-hydrogen) atoms. The Kier molecular flexibility index (Phi) is 3.83. The van der Waals surface area contributed by atoms with Gasteiger partial charge in [0.2, 0.25) is 0 Å². The third-order valence-corrected chi connectivity index (χ3v) is 3.60. The summed E-state index contributed by atoms with van der Waals surface area (Å²) in [5, 5.41) is 7.65. The molecule has 0 radical (unpaired) electrons. The van der Waals surface area contributed by atoms with E-state index in [0.717, 1.165) is 30.6 Å². The molecule has 1 aromatic carbocycles. The van der Waals surface area contributed by atoms with Crippen LogP contribution in [0.1, 0.15) is 31.7 Å². The molecule has 2 aromatic rings. The van der Waals surface area contributed by atoms with Gasteiger partial charge in [0.15, 0.2) is 0 Å². The van der Waals surface area contributed by atoms with Gasteiger partial charge in [0, 0.05) is 36.5 Å². The lowest BCUT2D eigenvalue weighted by Crippen LogP contribution is -2.15. The van der Waals surface area contributed by atoms with E-state index >= 15 is 0 Å². The molecule has 0 spiro atoms. The van der Waals surface area contributed by atoms with E-state index in [0.29, 0.717) is 11.6 Å². The number of aryl methyl sites for hydroxylation is 1. The third kappa shape index (κ3) is 3.07. The minimum absolute atomic E-state index is 0.170. The molecule has 1 aliphatic carbocycles. The molecule has 1 N–H and O–H groups in total. The van der Waals surface area contributed by atoms with Crippen LogP contribution in [0.25, 0.3) is 11.1 Å². The van der Waals surface area contributed by atoms with Crippen LogP contribution in [0.15, 0.2) is 30.6 Å². The van der Waals surface area contributed by atoms with Crippen molar-refractivity contribution in [1.29, 1.82) is 0 Å². The molecule has 1 saturated carbocycles. The van der Waals surface area contributed by atoms with Crippen molar-refractivity contribution >= 4 is 0 Å². The lowest BCUT2D eigenvalue weighted by molar-refractivity contribution is 0.602. The molecule has 1 aliphatic rings. The van der Waals surface area contributed by atoms with Crippen LogP contribution in [0.5, 0.6) is 0 Å². The molecule has 0 saturated heterocycles. The van der Waals surface area contributed by atoms with Gasteiger partial charge in [-0.15, -0.1) is 0 Å². The van der Waals surface area contributed by atoms with Gasteiger partial charge in [0.05, 0.1) is 6.20 Å². The summed E-state index contributed by atoms with van der Waals surface area (Å²) in [5.74, 6) is -0.170. The van der Waals surface area contributed by atoms with Gasteiger partial charge in [0.1, 0.15) is 5.82 Å². The minimum Gasteiger partial charge on any atom is -0.310 e. The maximum Gasteiger partial charge on any atom is 0.131 e. The second-order valence-corrected chi connectivity index (χ2v) is 5.46. The third-order valence-electron chi connectivity index (χ3n) is 3.60. The Labute approximate surface area is 118 Å². The SMILES string of the molecule is CCCn1cc(-c2ccc(CNC3CC3)cc2F)cn1. The Balaban J connectivity index is 1.74. The zero-order valence-corrected chi connectivity index (χ0v) is 11.8. The maximum atomic E-state index is 14.2. The van der Waals surface area contributed by atoms with E-state index in [9.17, 15) is 4.39 Å². The van der Waals surface area contributed by atoms with Gasteiger partial charge in [-0.25, -0.2) is 4.39 Å². The number of halogens is 1. The molecule has 0 aliphatic heterocycles. The number of hydrogen-bond acceptors (Lipinski definition) is 2. The van der Waals surface area contributed by atoms with Crippen LogP contribution >= 0.6 is 0 Å². The van der Waals surface area contributed by atoms with E-state index in [-0.39, 0.29) is 5.82 Å². The van der Waals surface area contributed by atoms with Crippen molar-refractivity contribution in [1.82, 2.24) is 15.1 Å². The van der Waals surface area contributed by atoms with Crippen LogP contribution in [0, 0.1) is 5.82 Å². The van der Waals surface area contributed by atoms with Crippen LogP contribution in [0.3, 0.4) is 0 Å². The van der Waals surface area contributed by atoms with Crippen molar-refractivity contribution in [3.63, 3.8) is 0 Å². The summed E-state index contributed by atoms with van der Waals surface area (Å²) >= 11 is 0. The molecule has 4 heteroatoms. The van der Waals surface area contributed by atoms with Crippen LogP contribution in [0.4, 0.5) is 4.39 Å². The van der Waals surface area contributed by atoms with E-state index in [1.165, 1.54) is 12.8 Å². The topological polar surface area (TPSA) is 29.9 Å². The van der Waals surface area contributed by atoms with Crippen molar-refractivity contribution in [2.24, 2.45) is 0 Å². The fourth-order valence-corrected chi connectivity index (χ4v) is 2.31. The Morgan fingerprint density at radius 2 is 2.25 bits per heavy atom. The Hall–Kier alpha value is -1.68. The molecule has 1 fully saturated rings. The smallest absolute Gasteiger partial charge is 0.131 e. The first-order valence-electron chi connectivity index (χ1n) is 7.31. The number of hydrogen-bond donors (Lipinski definition) is 1. The summed E-state index contributed by atoms with van der Waals surface area (Å²) in [7, 11) is 0. The minimum atomic E-state index is -0.170. The predicted molar refractivity (Wildman–Crippen MR) is 77.8 cm³/mol. The van der Waals surface area contributed by atoms with E-state index in [2.05, 4.69) is 17.3 Å². The fourth-order valence-electron chi connectivity index (χ4n) is 2.31. The quantitative estimate of drug-likeness (QED) is 0.874. The van der Waals surface area contributed by atoms with Crippen molar-refractivity contribution in [3.8, 4) is 11.1 Å². The molecule has 0 atom stereocenters. The van der Waals surface area contributed by atoms with Gasteiger partial charge in [-0.2, -0.15) is 5.10 Å². The van der Waals surface area contributed by atoms with Gasteiger partial charge in [-0.1, -0.05) is 19.1 Å². The van der Waals surface area contributed by atoms with Gasteiger partial charge in [-0.05, 0) is 30.9 Å². The van der Waals surface area contributed by atoms with Crippen LogP contribution < -0.4 is 5.32 Å². The first-order chi connectivity index (χ1) is 9.76. The largest absolute Gasteiger partial charge is 0.310 e. The van der Waals surface area contributed by atoms with E-state index < -0.39 is 0 Å². The molecule has 0 unspecified atom stereocenters. The molecule has 0 bridgehead atoms. The summed E-state index contributed by atoms with van der Waals surface area (Å²) < 4.78 is 16.1. The first-order valence-corrected chi connectivity index (χ1v) is 7.31. The van der Waals surface area contributed by atoms with E-state index in [1.807, 2.05) is 23.0 Å². The summed E-state index contributed by atoms with van der Waals surface area (Å²) in [4.78, 5) is 0. The summed E-state index contributed by atoms with van der Waals surface area (Å²) in [5.41, 5.74) is 2.47. The van der Waals surface area contributed by atoms with E-state index in [1.54, 1.807) is 12.3 Å². The zero-order valence-electron chi connectivity index (χ0n) is 11.8. The van der Waals surface area contributed by atoms with Gasteiger partial charge < -0.3 is 5.32 Å². The second kappa shape index (κ2) is 5.75. The summed E-state index contributed by atoms with van der Waals surface area (Å²) in [6.45, 7) is 3.71. The molecule has 1 aromatic heterocycles. The summed E-state index contributed by atoms with van der Waals surface area (Å²) in [6.07, 6.45) is 7.16.